The molecule has 0 aliphatic carbocycles. The van der Waals surface area contributed by atoms with E-state index < -0.39 is 5.97 Å². The molecule has 0 saturated heterocycles. The summed E-state index contributed by atoms with van der Waals surface area (Å²) in [6.45, 7) is 6.08. The minimum atomic E-state index is -1.02. The number of carboxylic acids is 1. The molecule has 0 radical (unpaired) electrons. The maximum absolute atomic E-state index is 12.0. The number of hydrogen-bond acceptors (Lipinski definition) is 2. The van der Waals surface area contributed by atoms with Crippen LogP contribution >= 0.6 is 0 Å². The van der Waals surface area contributed by atoms with Crippen molar-refractivity contribution in [2.75, 3.05) is 5.32 Å². The Morgan fingerprint density at radius 3 is 2.33 bits per heavy atom. The molecule has 4 heteroatoms. The fourth-order valence-electron chi connectivity index (χ4n) is 2.23. The molecule has 0 aliphatic heterocycles. The molecular formula is C20H21NO3. The lowest BCUT2D eigenvalue weighted by atomic mass is 10.0. The predicted octanol–water partition coefficient (Wildman–Crippen LogP) is 4.47. The van der Waals surface area contributed by atoms with Crippen molar-refractivity contribution in [3.8, 4) is 0 Å². The number of hydrogen-bond donors (Lipinski definition) is 2. The van der Waals surface area contributed by atoms with Crippen LogP contribution in [0.15, 0.2) is 48.5 Å². The van der Waals surface area contributed by atoms with Crippen LogP contribution < -0.4 is 5.32 Å². The van der Waals surface area contributed by atoms with Crippen molar-refractivity contribution in [1.82, 2.24) is 0 Å². The zero-order chi connectivity index (χ0) is 17.7. The van der Waals surface area contributed by atoms with Crippen molar-refractivity contribution in [1.29, 1.82) is 0 Å². The van der Waals surface area contributed by atoms with Gasteiger partial charge in [0.2, 0.25) is 5.91 Å². The van der Waals surface area contributed by atoms with Crippen LogP contribution in [0.4, 0.5) is 5.69 Å². The number of aryl methyl sites for hydroxylation is 1. The summed E-state index contributed by atoms with van der Waals surface area (Å²) in [4.78, 5) is 23.1. The van der Waals surface area contributed by atoms with E-state index in [2.05, 4.69) is 19.2 Å². The fourth-order valence-corrected chi connectivity index (χ4v) is 2.23. The Morgan fingerprint density at radius 1 is 1.08 bits per heavy atom. The standard InChI is InChI=1S/C20H21NO3/c1-13(2)16-9-5-15(6-10-16)7-11-19(22)21-18-12-17(20(23)24)8-4-14(18)3/h4-13H,1-3H3,(H,21,22)(H,23,24)/b11-7+. The number of carbonyl (C=O) groups is 2. The molecule has 0 aromatic heterocycles. The predicted molar refractivity (Wildman–Crippen MR) is 96.3 cm³/mol. The Hall–Kier alpha value is -2.88. The maximum Gasteiger partial charge on any atom is 0.335 e. The third-order valence-electron chi connectivity index (χ3n) is 3.77. The monoisotopic (exact) mass is 323 g/mol. The molecule has 4 nitrogen and oxygen atoms in total. The van der Waals surface area contributed by atoms with Crippen molar-refractivity contribution in [3.63, 3.8) is 0 Å². The van der Waals surface area contributed by atoms with Crippen LogP contribution in [-0.4, -0.2) is 17.0 Å². The lowest BCUT2D eigenvalue weighted by molar-refractivity contribution is -0.111. The first-order chi connectivity index (χ1) is 11.4. The highest BCUT2D eigenvalue weighted by Crippen LogP contribution is 2.18. The zero-order valence-electron chi connectivity index (χ0n) is 14.0. The second-order valence-corrected chi connectivity index (χ2v) is 5.98. The number of anilines is 1. The fraction of sp³-hybridized carbons (Fsp3) is 0.200. The van der Waals surface area contributed by atoms with Gasteiger partial charge in [0.05, 0.1) is 5.56 Å². The maximum atomic E-state index is 12.0. The van der Waals surface area contributed by atoms with Crippen LogP contribution in [0.3, 0.4) is 0 Å². The van der Waals surface area contributed by atoms with Gasteiger partial charge in [-0.25, -0.2) is 4.79 Å². The molecular weight excluding hydrogens is 302 g/mol. The van der Waals surface area contributed by atoms with Crippen LogP contribution in [0.5, 0.6) is 0 Å². The lowest BCUT2D eigenvalue weighted by Gasteiger charge is -2.07. The van der Waals surface area contributed by atoms with E-state index in [1.165, 1.54) is 23.8 Å². The summed E-state index contributed by atoms with van der Waals surface area (Å²) in [6, 6.07) is 12.7. The molecule has 2 N–H and O–H groups in total. The highest BCUT2D eigenvalue weighted by atomic mass is 16.4. The molecule has 124 valence electrons. The molecule has 0 fully saturated rings. The molecule has 0 unspecified atom stereocenters. The molecule has 0 saturated carbocycles. The molecule has 0 atom stereocenters. The molecule has 2 aromatic carbocycles. The van der Waals surface area contributed by atoms with Crippen LogP contribution in [0, 0.1) is 6.92 Å². The Kier molecular flexibility index (Phi) is 5.53. The van der Waals surface area contributed by atoms with Crippen LogP contribution in [0.2, 0.25) is 0 Å². The zero-order valence-corrected chi connectivity index (χ0v) is 14.0. The first kappa shape index (κ1) is 17.5. The van der Waals surface area contributed by atoms with E-state index in [0.717, 1.165) is 11.1 Å². The van der Waals surface area contributed by atoms with Gasteiger partial charge in [-0.15, -0.1) is 0 Å². The summed E-state index contributed by atoms with van der Waals surface area (Å²) in [5, 5.41) is 11.7. The van der Waals surface area contributed by atoms with E-state index in [9.17, 15) is 9.59 Å². The van der Waals surface area contributed by atoms with Gasteiger partial charge in [-0.3, -0.25) is 4.79 Å². The second kappa shape index (κ2) is 7.59. The highest BCUT2D eigenvalue weighted by molar-refractivity contribution is 6.03. The Morgan fingerprint density at radius 2 is 1.75 bits per heavy atom. The molecule has 0 spiro atoms. The smallest absolute Gasteiger partial charge is 0.335 e. The Balaban J connectivity index is 2.07. The van der Waals surface area contributed by atoms with Gasteiger partial charge in [-0.2, -0.15) is 0 Å². The Bertz CT molecular complexity index is 774. The van der Waals surface area contributed by atoms with Gasteiger partial charge < -0.3 is 10.4 Å². The average molecular weight is 323 g/mol. The minimum Gasteiger partial charge on any atom is -0.478 e. The molecule has 0 heterocycles. The molecule has 2 rings (SSSR count). The van der Waals surface area contributed by atoms with Crippen molar-refractivity contribution in [2.45, 2.75) is 26.7 Å². The first-order valence-corrected chi connectivity index (χ1v) is 7.80. The normalized spacial score (nSPS) is 11.0. The largest absolute Gasteiger partial charge is 0.478 e. The quantitative estimate of drug-likeness (QED) is 0.798. The number of benzene rings is 2. The van der Waals surface area contributed by atoms with E-state index in [1.54, 1.807) is 12.1 Å². The highest BCUT2D eigenvalue weighted by Gasteiger charge is 2.07. The van der Waals surface area contributed by atoms with Crippen molar-refractivity contribution in [2.24, 2.45) is 0 Å². The molecule has 2 aromatic rings. The lowest BCUT2D eigenvalue weighted by Crippen LogP contribution is -2.10. The van der Waals surface area contributed by atoms with Crippen molar-refractivity contribution >= 4 is 23.6 Å². The van der Waals surface area contributed by atoms with E-state index in [4.69, 9.17) is 5.11 Å². The van der Waals surface area contributed by atoms with Gasteiger partial charge in [0.1, 0.15) is 0 Å². The third-order valence-corrected chi connectivity index (χ3v) is 3.77. The van der Waals surface area contributed by atoms with Crippen LogP contribution in [0.25, 0.3) is 6.08 Å². The molecule has 0 aliphatic rings. The van der Waals surface area contributed by atoms with Gasteiger partial charge in [0.25, 0.3) is 0 Å². The third kappa shape index (κ3) is 4.56. The van der Waals surface area contributed by atoms with Gasteiger partial charge >= 0.3 is 5.97 Å². The summed E-state index contributed by atoms with van der Waals surface area (Å²) in [5.74, 6) is -0.851. The number of aromatic carboxylic acids is 1. The SMILES string of the molecule is Cc1ccc(C(=O)O)cc1NC(=O)/C=C/c1ccc(C(C)C)cc1. The summed E-state index contributed by atoms with van der Waals surface area (Å²) < 4.78 is 0. The number of carbonyl (C=O) groups excluding carboxylic acids is 1. The first-order valence-electron chi connectivity index (χ1n) is 7.80. The van der Waals surface area contributed by atoms with Gasteiger partial charge in [0.15, 0.2) is 0 Å². The summed E-state index contributed by atoms with van der Waals surface area (Å²) >= 11 is 0. The number of rotatable bonds is 5. The topological polar surface area (TPSA) is 66.4 Å². The van der Waals surface area contributed by atoms with E-state index >= 15 is 0 Å². The number of nitrogens with one attached hydrogen (secondary N) is 1. The van der Waals surface area contributed by atoms with E-state index in [-0.39, 0.29) is 11.5 Å². The van der Waals surface area contributed by atoms with Crippen molar-refractivity contribution in [3.05, 3.63) is 70.8 Å². The average Bonchev–Trinajstić information content (AvgIpc) is 2.55. The van der Waals surface area contributed by atoms with Gasteiger partial charge in [-0.05, 0) is 47.7 Å². The number of carboxylic acid groups (broad SMARTS) is 1. The van der Waals surface area contributed by atoms with Crippen molar-refractivity contribution < 1.29 is 14.7 Å². The van der Waals surface area contributed by atoms with Gasteiger partial charge in [-0.1, -0.05) is 44.2 Å². The van der Waals surface area contributed by atoms with E-state index in [0.29, 0.717) is 11.6 Å². The molecule has 24 heavy (non-hydrogen) atoms. The van der Waals surface area contributed by atoms with Crippen LogP contribution in [0.1, 0.15) is 46.8 Å². The minimum absolute atomic E-state index is 0.143. The van der Waals surface area contributed by atoms with Crippen LogP contribution in [-0.2, 0) is 4.79 Å². The van der Waals surface area contributed by atoms with Gasteiger partial charge in [0, 0.05) is 11.8 Å². The van der Waals surface area contributed by atoms with E-state index in [1.807, 2.05) is 31.2 Å². The summed E-state index contributed by atoms with van der Waals surface area (Å²) in [5.41, 5.74) is 3.63. The number of amides is 1. The Labute approximate surface area is 141 Å². The molecule has 0 bridgehead atoms. The molecule has 1 amide bonds. The summed E-state index contributed by atoms with van der Waals surface area (Å²) in [7, 11) is 0. The second-order valence-electron chi connectivity index (χ2n) is 5.98. The summed E-state index contributed by atoms with van der Waals surface area (Å²) in [6.07, 6.45) is 3.17.